The number of esters is 1. The first-order valence-corrected chi connectivity index (χ1v) is 3.92. The second-order valence-corrected chi connectivity index (χ2v) is 2.81. The van der Waals surface area contributed by atoms with Crippen molar-refractivity contribution in [2.24, 2.45) is 0 Å². The first kappa shape index (κ1) is 10.3. The Hall–Kier alpha value is -0.650. The van der Waals surface area contributed by atoms with Gasteiger partial charge in [0.1, 0.15) is 0 Å². The third kappa shape index (κ3) is 4.72. The fraction of sp³-hybridized carbons (Fsp3) is 0.800. The van der Waals surface area contributed by atoms with Crippen molar-refractivity contribution in [3.05, 3.63) is 10.1 Å². The van der Waals surface area contributed by atoms with Crippen LogP contribution in [0, 0.1) is 10.1 Å². The molecule has 0 aliphatic heterocycles. The highest BCUT2D eigenvalue weighted by atomic mass is 79.9. The number of rotatable bonds is 4. The molecular weight excluding hydrogens is 218 g/mol. The van der Waals surface area contributed by atoms with Gasteiger partial charge >= 0.3 is 5.97 Å². The van der Waals surface area contributed by atoms with E-state index in [0.717, 1.165) is 0 Å². The van der Waals surface area contributed by atoms with Gasteiger partial charge in [-0.3, -0.25) is 14.9 Å². The van der Waals surface area contributed by atoms with Crippen molar-refractivity contribution in [2.75, 3.05) is 6.61 Å². The number of nitrogens with zero attached hydrogens (tertiary/aromatic N) is 1. The van der Waals surface area contributed by atoms with E-state index in [-0.39, 0.29) is 13.0 Å². The van der Waals surface area contributed by atoms with Crippen molar-refractivity contribution in [3.8, 4) is 0 Å². The van der Waals surface area contributed by atoms with Crippen LogP contribution in [-0.4, -0.2) is 22.5 Å². The molecule has 0 radical (unpaired) electrons. The van der Waals surface area contributed by atoms with Crippen molar-refractivity contribution in [3.63, 3.8) is 0 Å². The van der Waals surface area contributed by atoms with Crippen LogP contribution in [0.5, 0.6) is 0 Å². The van der Waals surface area contributed by atoms with E-state index in [1.54, 1.807) is 6.92 Å². The maximum absolute atomic E-state index is 10.5. The Morgan fingerprint density at radius 1 is 1.82 bits per heavy atom. The highest BCUT2D eigenvalue weighted by molar-refractivity contribution is 9.09. The molecule has 0 saturated heterocycles. The predicted molar refractivity (Wildman–Crippen MR) is 41.0 cm³/mol. The van der Waals surface area contributed by atoms with Crippen molar-refractivity contribution in [2.45, 2.75) is 18.3 Å². The van der Waals surface area contributed by atoms with Crippen molar-refractivity contribution >= 4 is 21.9 Å². The van der Waals surface area contributed by atoms with Gasteiger partial charge in [-0.2, -0.15) is 0 Å². The Morgan fingerprint density at radius 2 is 2.36 bits per heavy atom. The molecule has 0 aliphatic carbocycles. The first-order valence-electron chi connectivity index (χ1n) is 3.01. The molecule has 0 amide bonds. The lowest BCUT2D eigenvalue weighted by molar-refractivity contribution is -0.495. The van der Waals surface area contributed by atoms with E-state index in [0.29, 0.717) is 0 Å². The summed E-state index contributed by atoms with van der Waals surface area (Å²) >= 11 is 2.72. The van der Waals surface area contributed by atoms with Gasteiger partial charge in [-0.15, -0.1) is 0 Å². The van der Waals surface area contributed by atoms with Crippen LogP contribution >= 0.6 is 15.9 Å². The summed E-state index contributed by atoms with van der Waals surface area (Å²) in [4.78, 5) is 18.9. The number of halogens is 1. The third-order valence-electron chi connectivity index (χ3n) is 0.899. The lowest BCUT2D eigenvalue weighted by Gasteiger charge is -2.02. The summed E-state index contributed by atoms with van der Waals surface area (Å²) in [5, 5.41) is 9.97. The number of carbonyl (C=O) groups excluding carboxylic acids is 1. The average molecular weight is 226 g/mol. The molecule has 1 atom stereocenters. The summed E-state index contributed by atoms with van der Waals surface area (Å²) in [6.45, 7) is 1.40. The van der Waals surface area contributed by atoms with Gasteiger partial charge in [0.05, 0.1) is 0 Å². The largest absolute Gasteiger partial charge is 0.457 e. The first-order chi connectivity index (χ1) is 5.07. The molecule has 0 rings (SSSR count). The van der Waals surface area contributed by atoms with Crippen LogP contribution in [-0.2, 0) is 9.53 Å². The molecule has 6 heteroatoms. The summed E-state index contributed by atoms with van der Waals surface area (Å²) in [5.74, 6) is -0.434. The Kier molecular flexibility index (Phi) is 4.76. The number of hydrogen-bond acceptors (Lipinski definition) is 4. The molecule has 0 aromatic heterocycles. The fourth-order valence-corrected chi connectivity index (χ4v) is 0.457. The topological polar surface area (TPSA) is 69.4 Å². The van der Waals surface area contributed by atoms with Gasteiger partial charge in [0.15, 0.2) is 6.61 Å². The maximum Gasteiger partial charge on any atom is 0.305 e. The minimum absolute atomic E-state index is 0.223. The van der Waals surface area contributed by atoms with Gasteiger partial charge in [0.25, 0.3) is 4.95 Å². The zero-order chi connectivity index (χ0) is 8.85. The predicted octanol–water partition coefficient (Wildman–Crippen LogP) is 0.937. The Morgan fingerprint density at radius 3 is 2.73 bits per heavy atom. The van der Waals surface area contributed by atoms with E-state index in [1.807, 2.05) is 0 Å². The Balaban J connectivity index is 3.54. The number of carbonyl (C=O) groups is 1. The molecule has 11 heavy (non-hydrogen) atoms. The number of nitro groups is 1. The molecule has 5 nitrogen and oxygen atoms in total. The highest BCUT2D eigenvalue weighted by Gasteiger charge is 2.16. The van der Waals surface area contributed by atoms with Gasteiger partial charge in [-0.1, -0.05) is 6.92 Å². The Bertz CT molecular complexity index is 161. The van der Waals surface area contributed by atoms with E-state index in [2.05, 4.69) is 20.7 Å². The van der Waals surface area contributed by atoms with E-state index in [1.165, 1.54) is 0 Å². The lowest BCUT2D eigenvalue weighted by atomic mass is 10.5. The summed E-state index contributed by atoms with van der Waals surface area (Å²) in [6, 6.07) is 0. The van der Waals surface area contributed by atoms with Gasteiger partial charge < -0.3 is 4.74 Å². The van der Waals surface area contributed by atoms with Crippen molar-refractivity contribution < 1.29 is 14.5 Å². The van der Waals surface area contributed by atoms with Crippen LogP contribution in [0.1, 0.15) is 13.3 Å². The van der Waals surface area contributed by atoms with Gasteiger partial charge in [-0.25, -0.2) is 0 Å². The molecule has 0 saturated carbocycles. The minimum Gasteiger partial charge on any atom is -0.457 e. The van der Waals surface area contributed by atoms with Crippen LogP contribution in [0.4, 0.5) is 0 Å². The maximum atomic E-state index is 10.5. The van der Waals surface area contributed by atoms with Crippen LogP contribution in [0.2, 0.25) is 0 Å². The Labute approximate surface area is 72.0 Å². The van der Waals surface area contributed by atoms with Gasteiger partial charge in [0.2, 0.25) is 0 Å². The standard InChI is InChI=1S/C5H8BrNO4/c1-2-5(8)11-3-4(6)7(9)10/h4H,2-3H2,1H3. The van der Waals surface area contributed by atoms with E-state index in [4.69, 9.17) is 0 Å². The summed E-state index contributed by atoms with van der Waals surface area (Å²) in [7, 11) is 0. The summed E-state index contributed by atoms with van der Waals surface area (Å²) < 4.78 is 4.49. The van der Waals surface area contributed by atoms with Crippen LogP contribution in [0.15, 0.2) is 0 Å². The molecule has 0 fully saturated rings. The molecule has 0 aliphatic rings. The number of alkyl halides is 1. The zero-order valence-corrected chi connectivity index (χ0v) is 7.54. The lowest BCUT2D eigenvalue weighted by Crippen LogP contribution is -2.20. The molecule has 0 bridgehead atoms. The smallest absolute Gasteiger partial charge is 0.305 e. The molecule has 0 aromatic carbocycles. The molecule has 0 aromatic rings. The van der Waals surface area contributed by atoms with Crippen molar-refractivity contribution in [1.29, 1.82) is 0 Å². The minimum atomic E-state index is -1.00. The molecule has 64 valence electrons. The summed E-state index contributed by atoms with van der Waals surface area (Å²) in [5.41, 5.74) is 0. The van der Waals surface area contributed by atoms with Gasteiger partial charge in [0, 0.05) is 27.3 Å². The SMILES string of the molecule is CCC(=O)OCC(Br)[N+](=O)[O-]. The fourth-order valence-electron chi connectivity index (χ4n) is 0.325. The van der Waals surface area contributed by atoms with Crippen molar-refractivity contribution in [1.82, 2.24) is 0 Å². The van der Waals surface area contributed by atoms with Gasteiger partial charge in [-0.05, 0) is 0 Å². The van der Waals surface area contributed by atoms with Crippen LogP contribution in [0.3, 0.4) is 0 Å². The third-order valence-corrected chi connectivity index (χ3v) is 1.50. The monoisotopic (exact) mass is 225 g/mol. The molecule has 0 heterocycles. The quantitative estimate of drug-likeness (QED) is 0.235. The molecule has 1 unspecified atom stereocenters. The second-order valence-electron chi connectivity index (χ2n) is 1.76. The average Bonchev–Trinajstić information content (AvgIpc) is 1.99. The molecule has 0 spiro atoms. The normalized spacial score (nSPS) is 12.2. The van der Waals surface area contributed by atoms with E-state index < -0.39 is 15.8 Å². The summed E-state index contributed by atoms with van der Waals surface area (Å²) in [6.07, 6.45) is 0.234. The zero-order valence-electron chi connectivity index (χ0n) is 5.95. The van der Waals surface area contributed by atoms with Crippen LogP contribution < -0.4 is 0 Å². The highest BCUT2D eigenvalue weighted by Crippen LogP contribution is 2.00. The van der Waals surface area contributed by atoms with E-state index in [9.17, 15) is 14.9 Å². The van der Waals surface area contributed by atoms with E-state index >= 15 is 0 Å². The number of hydrogen-bond donors (Lipinski definition) is 0. The van der Waals surface area contributed by atoms with Crippen LogP contribution in [0.25, 0.3) is 0 Å². The molecular formula is C5H8BrNO4. The second kappa shape index (κ2) is 5.06. The number of ether oxygens (including phenoxy) is 1. The molecule has 0 N–H and O–H groups in total.